The molecule has 0 radical (unpaired) electrons. The summed E-state index contributed by atoms with van der Waals surface area (Å²) in [6.07, 6.45) is 0. The highest BCUT2D eigenvalue weighted by atomic mass is 16.6. The zero-order valence-electron chi connectivity index (χ0n) is 14.8. The van der Waals surface area contributed by atoms with Crippen LogP contribution in [0.2, 0.25) is 0 Å². The van der Waals surface area contributed by atoms with Gasteiger partial charge >= 0.3 is 5.97 Å². The number of carbonyl (C=O) groups excluding carboxylic acids is 3. The summed E-state index contributed by atoms with van der Waals surface area (Å²) in [5.41, 5.74) is 0.976. The Morgan fingerprint density at radius 2 is 1.56 bits per heavy atom. The van der Waals surface area contributed by atoms with Gasteiger partial charge in [0.05, 0.1) is 0 Å². The van der Waals surface area contributed by atoms with Gasteiger partial charge in [-0.25, -0.2) is 4.79 Å². The van der Waals surface area contributed by atoms with Gasteiger partial charge in [-0.15, -0.1) is 0 Å². The van der Waals surface area contributed by atoms with Crippen molar-refractivity contribution >= 4 is 28.3 Å². The topological polar surface area (TPSA) is 69.7 Å². The quantitative estimate of drug-likeness (QED) is 0.472. The summed E-state index contributed by atoms with van der Waals surface area (Å²) in [5.74, 6) is -0.644. The highest BCUT2D eigenvalue weighted by Crippen LogP contribution is 2.16. The third kappa shape index (κ3) is 4.79. The maximum Gasteiger partial charge on any atom is 0.344 e. The Bertz CT molecular complexity index is 1010. The smallest absolute Gasteiger partial charge is 0.344 e. The molecule has 0 fully saturated rings. The van der Waals surface area contributed by atoms with Gasteiger partial charge in [0.25, 0.3) is 0 Å². The number of ether oxygens (including phenoxy) is 2. The number of Topliss-reactive ketones (excluding diaryl/α,β-unsaturated/α-hetero) is 2. The van der Waals surface area contributed by atoms with E-state index in [2.05, 4.69) is 0 Å². The van der Waals surface area contributed by atoms with Crippen LogP contribution in [-0.2, 0) is 9.53 Å². The molecule has 0 bridgehead atoms. The SMILES string of the molecule is CC(=O)c1cccc(OCC(=O)OCC(=O)c2ccc3ccccc3c2)c1. The van der Waals surface area contributed by atoms with Crippen LogP contribution in [0.15, 0.2) is 66.7 Å². The third-order valence-electron chi connectivity index (χ3n) is 4.03. The van der Waals surface area contributed by atoms with Crippen LogP contribution in [-0.4, -0.2) is 30.7 Å². The molecule has 136 valence electrons. The van der Waals surface area contributed by atoms with Crippen molar-refractivity contribution in [3.63, 3.8) is 0 Å². The Hall–Kier alpha value is -3.47. The summed E-state index contributed by atoms with van der Waals surface area (Å²) in [6.45, 7) is 0.756. The summed E-state index contributed by atoms with van der Waals surface area (Å²) in [7, 11) is 0. The van der Waals surface area contributed by atoms with Gasteiger partial charge in [0, 0.05) is 11.1 Å². The van der Waals surface area contributed by atoms with E-state index in [0.717, 1.165) is 10.8 Å². The van der Waals surface area contributed by atoms with Gasteiger partial charge in [-0.3, -0.25) is 9.59 Å². The van der Waals surface area contributed by atoms with Crippen LogP contribution >= 0.6 is 0 Å². The lowest BCUT2D eigenvalue weighted by Gasteiger charge is -2.08. The van der Waals surface area contributed by atoms with Crippen LogP contribution in [0.3, 0.4) is 0 Å². The van der Waals surface area contributed by atoms with E-state index in [-0.39, 0.29) is 24.8 Å². The predicted molar refractivity (Wildman–Crippen MR) is 101 cm³/mol. The molecule has 0 atom stereocenters. The second-order valence-corrected chi connectivity index (χ2v) is 6.02. The largest absolute Gasteiger partial charge is 0.482 e. The van der Waals surface area contributed by atoms with Crippen LogP contribution in [0.4, 0.5) is 0 Å². The fourth-order valence-corrected chi connectivity index (χ4v) is 2.58. The van der Waals surface area contributed by atoms with Gasteiger partial charge in [0.2, 0.25) is 0 Å². The molecule has 0 heterocycles. The summed E-state index contributed by atoms with van der Waals surface area (Å²) in [6, 6.07) is 19.6. The Labute approximate surface area is 156 Å². The van der Waals surface area contributed by atoms with Gasteiger partial charge < -0.3 is 9.47 Å². The number of hydrogen-bond acceptors (Lipinski definition) is 5. The highest BCUT2D eigenvalue weighted by molar-refractivity contribution is 6.01. The van der Waals surface area contributed by atoms with E-state index in [1.165, 1.54) is 6.92 Å². The molecular weight excluding hydrogens is 344 g/mol. The second kappa shape index (κ2) is 8.27. The van der Waals surface area contributed by atoms with E-state index in [9.17, 15) is 14.4 Å². The molecule has 0 aromatic heterocycles. The molecular formula is C22H18O5. The molecule has 0 saturated heterocycles. The van der Waals surface area contributed by atoms with E-state index in [1.54, 1.807) is 36.4 Å². The molecule has 0 aliphatic carbocycles. The Kier molecular flexibility index (Phi) is 5.61. The molecule has 5 nitrogen and oxygen atoms in total. The van der Waals surface area contributed by atoms with Crippen molar-refractivity contribution in [2.45, 2.75) is 6.92 Å². The Morgan fingerprint density at radius 1 is 0.778 bits per heavy atom. The van der Waals surface area contributed by atoms with Crippen LogP contribution in [0.5, 0.6) is 5.75 Å². The first-order valence-corrected chi connectivity index (χ1v) is 8.44. The van der Waals surface area contributed by atoms with Crippen molar-refractivity contribution < 1.29 is 23.9 Å². The monoisotopic (exact) mass is 362 g/mol. The minimum Gasteiger partial charge on any atom is -0.482 e. The minimum absolute atomic E-state index is 0.0935. The highest BCUT2D eigenvalue weighted by Gasteiger charge is 2.11. The summed E-state index contributed by atoms with van der Waals surface area (Å²) in [5, 5.41) is 1.98. The average molecular weight is 362 g/mol. The normalized spacial score (nSPS) is 10.4. The predicted octanol–water partition coefficient (Wildman–Crippen LogP) is 3.85. The Morgan fingerprint density at radius 3 is 2.33 bits per heavy atom. The molecule has 0 saturated carbocycles. The maximum absolute atomic E-state index is 12.2. The van der Waals surface area contributed by atoms with Crippen LogP contribution in [0.25, 0.3) is 10.8 Å². The molecule has 0 spiro atoms. The van der Waals surface area contributed by atoms with E-state index in [1.807, 2.05) is 30.3 Å². The minimum atomic E-state index is -0.655. The van der Waals surface area contributed by atoms with Crippen LogP contribution in [0.1, 0.15) is 27.6 Å². The van der Waals surface area contributed by atoms with Gasteiger partial charge in [0.15, 0.2) is 24.8 Å². The number of fused-ring (bicyclic) bond motifs is 1. The fraction of sp³-hybridized carbons (Fsp3) is 0.136. The lowest BCUT2D eigenvalue weighted by Crippen LogP contribution is -2.19. The summed E-state index contributed by atoms with van der Waals surface area (Å²) < 4.78 is 10.3. The lowest BCUT2D eigenvalue weighted by molar-refractivity contribution is -0.144. The molecule has 0 amide bonds. The number of hydrogen-bond donors (Lipinski definition) is 0. The van der Waals surface area contributed by atoms with Crippen molar-refractivity contribution in [3.8, 4) is 5.75 Å². The Balaban J connectivity index is 1.53. The van der Waals surface area contributed by atoms with Gasteiger partial charge in [-0.05, 0) is 35.9 Å². The fourth-order valence-electron chi connectivity index (χ4n) is 2.58. The number of esters is 1. The van der Waals surface area contributed by atoms with E-state index < -0.39 is 5.97 Å². The van der Waals surface area contributed by atoms with Crippen molar-refractivity contribution in [2.75, 3.05) is 13.2 Å². The van der Waals surface area contributed by atoms with E-state index >= 15 is 0 Å². The van der Waals surface area contributed by atoms with Gasteiger partial charge in [0.1, 0.15) is 5.75 Å². The second-order valence-electron chi connectivity index (χ2n) is 6.02. The summed E-state index contributed by atoms with van der Waals surface area (Å²) >= 11 is 0. The van der Waals surface area contributed by atoms with Gasteiger partial charge in [-0.2, -0.15) is 0 Å². The van der Waals surface area contributed by atoms with E-state index in [4.69, 9.17) is 9.47 Å². The number of rotatable bonds is 7. The number of ketones is 2. The molecule has 0 aliphatic rings. The van der Waals surface area contributed by atoms with E-state index in [0.29, 0.717) is 16.9 Å². The number of benzene rings is 3. The standard InChI is InChI=1S/C22H18O5/c1-15(23)17-7-4-8-20(12-17)26-14-22(25)27-13-21(24)19-10-9-16-5-2-3-6-18(16)11-19/h2-12H,13-14H2,1H3. The van der Waals surface area contributed by atoms with Crippen LogP contribution in [0, 0.1) is 0 Å². The molecule has 3 aromatic rings. The molecule has 3 rings (SSSR count). The third-order valence-corrected chi connectivity index (χ3v) is 4.03. The molecule has 3 aromatic carbocycles. The van der Waals surface area contributed by atoms with Crippen molar-refractivity contribution in [3.05, 3.63) is 77.9 Å². The lowest BCUT2D eigenvalue weighted by atomic mass is 10.0. The molecule has 0 aliphatic heterocycles. The molecule has 27 heavy (non-hydrogen) atoms. The first-order valence-electron chi connectivity index (χ1n) is 8.44. The first kappa shape index (κ1) is 18.3. The average Bonchev–Trinajstić information content (AvgIpc) is 2.70. The first-order chi connectivity index (χ1) is 13.0. The van der Waals surface area contributed by atoms with Crippen LogP contribution < -0.4 is 4.74 Å². The van der Waals surface area contributed by atoms with Crippen molar-refractivity contribution in [1.82, 2.24) is 0 Å². The maximum atomic E-state index is 12.2. The molecule has 0 N–H and O–H groups in total. The summed E-state index contributed by atoms with van der Waals surface area (Å²) in [4.78, 5) is 35.4. The van der Waals surface area contributed by atoms with Crippen molar-refractivity contribution in [2.24, 2.45) is 0 Å². The van der Waals surface area contributed by atoms with Gasteiger partial charge in [-0.1, -0.05) is 48.5 Å². The molecule has 5 heteroatoms. The zero-order chi connectivity index (χ0) is 19.2. The molecule has 0 unspecified atom stereocenters. The number of carbonyl (C=O) groups is 3. The zero-order valence-corrected chi connectivity index (χ0v) is 14.8. The van der Waals surface area contributed by atoms with Crippen molar-refractivity contribution in [1.29, 1.82) is 0 Å².